The monoisotopic (exact) mass is 203 g/mol. The van der Waals surface area contributed by atoms with Crippen molar-refractivity contribution in [2.24, 2.45) is 0 Å². The van der Waals surface area contributed by atoms with Crippen LogP contribution in [0.25, 0.3) is 0 Å². The van der Waals surface area contributed by atoms with Gasteiger partial charge in [0.15, 0.2) is 11.6 Å². The summed E-state index contributed by atoms with van der Waals surface area (Å²) in [5.74, 6) is -3.13. The molecule has 4 heteroatoms. The van der Waals surface area contributed by atoms with E-state index in [0.29, 0.717) is 12.8 Å². The first-order chi connectivity index (χ1) is 6.57. The predicted octanol–water partition coefficient (Wildman–Crippen LogP) is 3.15. The number of aromatic nitrogens is 1. The lowest BCUT2D eigenvalue weighted by molar-refractivity contribution is 0.446. The molecule has 1 aromatic heterocycles. The van der Waals surface area contributed by atoms with Crippen LogP contribution in [-0.4, -0.2) is 4.98 Å². The number of unbranched alkanes of at least 4 members (excludes halogenated alkanes) is 1. The molecular weight excluding hydrogens is 191 g/mol. The van der Waals surface area contributed by atoms with Gasteiger partial charge in [-0.1, -0.05) is 13.3 Å². The highest BCUT2D eigenvalue weighted by atomic mass is 19.2. The minimum atomic E-state index is -1.21. The first-order valence-electron chi connectivity index (χ1n) is 4.57. The molecule has 0 unspecified atom stereocenters. The molecule has 0 aliphatic heterocycles. The van der Waals surface area contributed by atoms with E-state index >= 15 is 0 Å². The second-order valence-corrected chi connectivity index (χ2v) is 3.21. The number of hydrogen-bond donors (Lipinski definition) is 0. The lowest BCUT2D eigenvalue weighted by atomic mass is 10.1. The molecule has 1 aromatic rings. The smallest absolute Gasteiger partial charge is 0.219 e. The fraction of sp³-hybridized carbons (Fsp3) is 0.500. The summed E-state index contributed by atoms with van der Waals surface area (Å²) in [7, 11) is 0. The molecule has 0 N–H and O–H groups in total. The molecule has 0 bridgehead atoms. The summed E-state index contributed by atoms with van der Waals surface area (Å²) in [4.78, 5) is 3.25. The van der Waals surface area contributed by atoms with Crippen molar-refractivity contribution in [3.63, 3.8) is 0 Å². The van der Waals surface area contributed by atoms with Crippen LogP contribution in [0, 0.1) is 24.5 Å². The normalized spacial score (nSPS) is 10.6. The average Bonchev–Trinajstić information content (AvgIpc) is 2.18. The van der Waals surface area contributed by atoms with E-state index in [4.69, 9.17) is 0 Å². The Hall–Kier alpha value is -1.06. The van der Waals surface area contributed by atoms with Crippen molar-refractivity contribution < 1.29 is 13.2 Å². The number of pyridine rings is 1. The first kappa shape index (κ1) is 11.0. The summed E-state index contributed by atoms with van der Waals surface area (Å²) in [6.45, 7) is 3.15. The highest BCUT2D eigenvalue weighted by molar-refractivity contribution is 5.20. The Labute approximate surface area is 81.0 Å². The van der Waals surface area contributed by atoms with Gasteiger partial charge < -0.3 is 0 Å². The van der Waals surface area contributed by atoms with E-state index in [2.05, 4.69) is 4.98 Å². The third kappa shape index (κ3) is 2.05. The molecule has 0 aliphatic carbocycles. The second-order valence-electron chi connectivity index (χ2n) is 3.21. The SMILES string of the molecule is CCCCc1nc(F)c(F)c(C)c1F. The van der Waals surface area contributed by atoms with E-state index in [1.54, 1.807) is 0 Å². The summed E-state index contributed by atoms with van der Waals surface area (Å²) in [5, 5.41) is 0. The van der Waals surface area contributed by atoms with Gasteiger partial charge in [-0.15, -0.1) is 0 Å². The largest absolute Gasteiger partial charge is 0.249 e. The van der Waals surface area contributed by atoms with Crippen molar-refractivity contribution in [1.82, 2.24) is 4.98 Å². The van der Waals surface area contributed by atoms with Crippen molar-refractivity contribution in [3.05, 3.63) is 28.8 Å². The summed E-state index contributed by atoms with van der Waals surface area (Å²) < 4.78 is 38.9. The van der Waals surface area contributed by atoms with Crippen LogP contribution in [0.4, 0.5) is 13.2 Å². The highest BCUT2D eigenvalue weighted by Crippen LogP contribution is 2.17. The minimum Gasteiger partial charge on any atom is -0.219 e. The summed E-state index contributed by atoms with van der Waals surface area (Å²) in [5.41, 5.74) is -0.271. The maximum absolute atomic E-state index is 13.3. The van der Waals surface area contributed by atoms with E-state index in [1.165, 1.54) is 6.92 Å². The van der Waals surface area contributed by atoms with Gasteiger partial charge in [-0.3, -0.25) is 0 Å². The maximum Gasteiger partial charge on any atom is 0.249 e. The fourth-order valence-corrected chi connectivity index (χ4v) is 1.19. The second kappa shape index (κ2) is 4.44. The minimum absolute atomic E-state index is 0.0169. The van der Waals surface area contributed by atoms with Crippen molar-refractivity contribution in [1.29, 1.82) is 0 Å². The Bertz CT molecular complexity index is 337. The van der Waals surface area contributed by atoms with Gasteiger partial charge in [0.1, 0.15) is 0 Å². The Morgan fingerprint density at radius 2 is 1.79 bits per heavy atom. The van der Waals surface area contributed by atoms with Crippen LogP contribution >= 0.6 is 0 Å². The topological polar surface area (TPSA) is 12.9 Å². The summed E-state index contributed by atoms with van der Waals surface area (Å²) >= 11 is 0. The molecule has 0 aromatic carbocycles. The number of rotatable bonds is 3. The number of hydrogen-bond acceptors (Lipinski definition) is 1. The molecule has 1 rings (SSSR count). The van der Waals surface area contributed by atoms with Gasteiger partial charge in [-0.05, 0) is 19.8 Å². The van der Waals surface area contributed by atoms with E-state index in [-0.39, 0.29) is 11.3 Å². The van der Waals surface area contributed by atoms with Crippen LogP contribution in [0.5, 0.6) is 0 Å². The zero-order valence-corrected chi connectivity index (χ0v) is 8.20. The van der Waals surface area contributed by atoms with Crippen LogP contribution in [0.15, 0.2) is 0 Å². The fourth-order valence-electron chi connectivity index (χ4n) is 1.19. The summed E-state index contributed by atoms with van der Waals surface area (Å²) in [6.07, 6.45) is 1.92. The molecule has 0 atom stereocenters. The van der Waals surface area contributed by atoms with E-state index in [0.717, 1.165) is 6.42 Å². The molecular formula is C10H12F3N. The Balaban J connectivity index is 3.06. The lowest BCUT2D eigenvalue weighted by Crippen LogP contribution is -2.05. The standard InChI is InChI=1S/C10H12F3N/c1-3-4-5-7-8(11)6(2)9(12)10(13)14-7/h3-5H2,1-2H3. The van der Waals surface area contributed by atoms with E-state index in [9.17, 15) is 13.2 Å². The van der Waals surface area contributed by atoms with Gasteiger partial charge in [0.25, 0.3) is 0 Å². The molecule has 0 saturated heterocycles. The zero-order valence-electron chi connectivity index (χ0n) is 8.20. The highest BCUT2D eigenvalue weighted by Gasteiger charge is 2.16. The number of aryl methyl sites for hydroxylation is 1. The van der Waals surface area contributed by atoms with Gasteiger partial charge in [0.2, 0.25) is 5.95 Å². The van der Waals surface area contributed by atoms with Gasteiger partial charge >= 0.3 is 0 Å². The third-order valence-electron chi connectivity index (χ3n) is 2.09. The molecule has 0 amide bonds. The average molecular weight is 203 g/mol. The Morgan fingerprint density at radius 3 is 2.36 bits per heavy atom. The molecule has 0 radical (unpaired) electrons. The van der Waals surface area contributed by atoms with Crippen LogP contribution < -0.4 is 0 Å². The van der Waals surface area contributed by atoms with Crippen molar-refractivity contribution in [3.8, 4) is 0 Å². The maximum atomic E-state index is 13.3. The molecule has 1 heterocycles. The zero-order chi connectivity index (χ0) is 10.7. The van der Waals surface area contributed by atoms with Crippen molar-refractivity contribution >= 4 is 0 Å². The van der Waals surface area contributed by atoms with Crippen LogP contribution in [-0.2, 0) is 6.42 Å². The molecule has 14 heavy (non-hydrogen) atoms. The lowest BCUT2D eigenvalue weighted by Gasteiger charge is -2.05. The molecule has 78 valence electrons. The van der Waals surface area contributed by atoms with E-state index < -0.39 is 17.6 Å². The Kier molecular flexibility index (Phi) is 3.49. The number of nitrogens with zero attached hydrogens (tertiary/aromatic N) is 1. The van der Waals surface area contributed by atoms with Crippen LogP contribution in [0.1, 0.15) is 31.0 Å². The molecule has 0 aliphatic rings. The predicted molar refractivity (Wildman–Crippen MR) is 47.5 cm³/mol. The van der Waals surface area contributed by atoms with Gasteiger partial charge in [0.05, 0.1) is 5.69 Å². The molecule has 0 spiro atoms. The molecule has 1 nitrogen and oxygen atoms in total. The quantitative estimate of drug-likeness (QED) is 0.687. The van der Waals surface area contributed by atoms with E-state index in [1.807, 2.05) is 6.92 Å². The van der Waals surface area contributed by atoms with Gasteiger partial charge in [-0.25, -0.2) is 13.8 Å². The van der Waals surface area contributed by atoms with Crippen molar-refractivity contribution in [2.75, 3.05) is 0 Å². The van der Waals surface area contributed by atoms with Crippen LogP contribution in [0.2, 0.25) is 0 Å². The van der Waals surface area contributed by atoms with Crippen molar-refractivity contribution in [2.45, 2.75) is 33.1 Å². The third-order valence-corrected chi connectivity index (χ3v) is 2.09. The van der Waals surface area contributed by atoms with Gasteiger partial charge in [-0.2, -0.15) is 4.39 Å². The Morgan fingerprint density at radius 1 is 1.14 bits per heavy atom. The number of halogens is 3. The summed E-state index contributed by atoms with van der Waals surface area (Å²) in [6, 6.07) is 0. The van der Waals surface area contributed by atoms with Crippen LogP contribution in [0.3, 0.4) is 0 Å². The molecule has 0 fully saturated rings. The van der Waals surface area contributed by atoms with Gasteiger partial charge in [0, 0.05) is 5.56 Å². The molecule has 0 saturated carbocycles. The first-order valence-corrected chi connectivity index (χ1v) is 4.57.